The summed E-state index contributed by atoms with van der Waals surface area (Å²) in [4.78, 5) is 18.7. The molecule has 0 bridgehead atoms. The molecule has 0 spiro atoms. The Morgan fingerprint density at radius 1 is 1.47 bits per heavy atom. The van der Waals surface area contributed by atoms with Crippen LogP contribution in [0, 0.1) is 5.92 Å². The molecule has 0 saturated heterocycles. The second-order valence-corrected chi connectivity index (χ2v) is 5.70. The van der Waals surface area contributed by atoms with Crippen LogP contribution in [0.15, 0.2) is 12.1 Å². The fraction of sp³-hybridized carbons (Fsp3) is 0.600. The average Bonchev–Trinajstić information content (AvgIpc) is 3.20. The normalized spacial score (nSPS) is 14.6. The Hall–Kier alpha value is -1.58. The third-order valence-corrected chi connectivity index (χ3v) is 3.52. The maximum Gasteiger partial charge on any atom is 0.253 e. The lowest BCUT2D eigenvalue weighted by Crippen LogP contribution is -2.29. The van der Waals surface area contributed by atoms with Crippen LogP contribution in [0.2, 0.25) is 0 Å². The van der Waals surface area contributed by atoms with Crippen LogP contribution in [0.5, 0.6) is 0 Å². The van der Waals surface area contributed by atoms with Crippen molar-refractivity contribution >= 4 is 11.7 Å². The molecule has 0 aliphatic heterocycles. The van der Waals surface area contributed by atoms with E-state index in [4.69, 9.17) is 0 Å². The maximum absolute atomic E-state index is 12.4. The monoisotopic (exact) mass is 261 g/mol. The Labute approximate surface area is 115 Å². The highest BCUT2D eigenvalue weighted by molar-refractivity contribution is 5.94. The molecule has 1 N–H and O–H groups in total. The molecule has 104 valence electrons. The van der Waals surface area contributed by atoms with Gasteiger partial charge in [-0.25, -0.2) is 4.98 Å². The summed E-state index contributed by atoms with van der Waals surface area (Å²) >= 11 is 0. The van der Waals surface area contributed by atoms with Crippen LogP contribution in [-0.4, -0.2) is 36.4 Å². The quantitative estimate of drug-likeness (QED) is 0.886. The number of rotatable bonds is 5. The molecule has 0 radical (unpaired) electrons. The minimum absolute atomic E-state index is 0.0905. The maximum atomic E-state index is 12.4. The summed E-state index contributed by atoms with van der Waals surface area (Å²) in [6.07, 6.45) is 2.51. The summed E-state index contributed by atoms with van der Waals surface area (Å²) < 4.78 is 0. The van der Waals surface area contributed by atoms with Crippen LogP contribution in [0.25, 0.3) is 0 Å². The van der Waals surface area contributed by atoms with Gasteiger partial charge in [0.1, 0.15) is 5.82 Å². The molecule has 1 aromatic heterocycles. The van der Waals surface area contributed by atoms with Gasteiger partial charge in [0.25, 0.3) is 5.91 Å². The first-order chi connectivity index (χ1) is 9.01. The second-order valence-electron chi connectivity index (χ2n) is 5.70. The van der Waals surface area contributed by atoms with Gasteiger partial charge in [0.15, 0.2) is 0 Å². The highest BCUT2D eigenvalue weighted by atomic mass is 16.2. The molecular formula is C15H23N3O. The first-order valence-corrected chi connectivity index (χ1v) is 6.96. The zero-order valence-electron chi connectivity index (χ0n) is 12.2. The van der Waals surface area contributed by atoms with Crippen molar-refractivity contribution in [3.63, 3.8) is 0 Å². The molecule has 0 unspecified atom stereocenters. The van der Waals surface area contributed by atoms with Crippen LogP contribution in [0.1, 0.15) is 48.7 Å². The summed E-state index contributed by atoms with van der Waals surface area (Å²) in [6, 6.07) is 3.74. The molecule has 1 aliphatic carbocycles. The van der Waals surface area contributed by atoms with E-state index in [1.54, 1.807) is 0 Å². The van der Waals surface area contributed by atoms with Crippen molar-refractivity contribution in [3.8, 4) is 0 Å². The lowest BCUT2D eigenvalue weighted by atomic mass is 10.1. The van der Waals surface area contributed by atoms with Crippen molar-refractivity contribution in [2.24, 2.45) is 5.92 Å². The molecule has 19 heavy (non-hydrogen) atoms. The molecule has 4 heteroatoms. The lowest BCUT2D eigenvalue weighted by Gasteiger charge is -2.18. The van der Waals surface area contributed by atoms with Crippen LogP contribution in [0.4, 0.5) is 5.82 Å². The highest BCUT2D eigenvalue weighted by Gasteiger charge is 2.25. The Morgan fingerprint density at radius 3 is 2.68 bits per heavy atom. The third kappa shape index (κ3) is 3.46. The van der Waals surface area contributed by atoms with Gasteiger partial charge in [-0.3, -0.25) is 4.79 Å². The third-order valence-electron chi connectivity index (χ3n) is 3.52. The van der Waals surface area contributed by atoms with E-state index >= 15 is 0 Å². The van der Waals surface area contributed by atoms with E-state index in [1.807, 2.05) is 31.1 Å². The number of nitrogens with zero attached hydrogens (tertiary/aromatic N) is 2. The molecule has 4 nitrogen and oxygen atoms in total. The average molecular weight is 261 g/mol. The molecule has 1 fully saturated rings. The summed E-state index contributed by atoms with van der Waals surface area (Å²) in [5, 5.41) is 3.03. The SMILES string of the molecule is CNc1cc(C(=O)N(C)CC2CC2)cc(C(C)C)n1. The molecule has 1 aromatic rings. The van der Waals surface area contributed by atoms with Crippen LogP contribution >= 0.6 is 0 Å². The molecular weight excluding hydrogens is 238 g/mol. The van der Waals surface area contributed by atoms with Gasteiger partial charge in [0, 0.05) is 31.9 Å². The number of aromatic nitrogens is 1. The topological polar surface area (TPSA) is 45.2 Å². The first-order valence-electron chi connectivity index (χ1n) is 6.96. The number of hydrogen-bond donors (Lipinski definition) is 1. The lowest BCUT2D eigenvalue weighted by molar-refractivity contribution is 0.0788. The molecule has 1 heterocycles. The van der Waals surface area contributed by atoms with Crippen molar-refractivity contribution in [1.82, 2.24) is 9.88 Å². The van der Waals surface area contributed by atoms with Gasteiger partial charge in [-0.1, -0.05) is 13.8 Å². The Bertz CT molecular complexity index is 466. The summed E-state index contributed by atoms with van der Waals surface area (Å²) in [7, 11) is 3.71. The predicted octanol–water partition coefficient (Wildman–Crippen LogP) is 2.73. The number of hydrogen-bond acceptors (Lipinski definition) is 3. The van der Waals surface area contributed by atoms with Crippen molar-refractivity contribution in [2.45, 2.75) is 32.6 Å². The predicted molar refractivity (Wildman–Crippen MR) is 77.6 cm³/mol. The molecule has 1 saturated carbocycles. The fourth-order valence-electron chi connectivity index (χ4n) is 2.09. The number of carbonyl (C=O) groups is 1. The van der Waals surface area contributed by atoms with E-state index in [1.165, 1.54) is 12.8 Å². The highest BCUT2D eigenvalue weighted by Crippen LogP contribution is 2.29. The molecule has 2 rings (SSSR count). The molecule has 0 aromatic carbocycles. The summed E-state index contributed by atoms with van der Waals surface area (Å²) in [5.41, 5.74) is 1.68. The minimum atomic E-state index is 0.0905. The molecule has 0 atom stereocenters. The molecule has 1 aliphatic rings. The van der Waals surface area contributed by atoms with Crippen LogP contribution in [-0.2, 0) is 0 Å². The van der Waals surface area contributed by atoms with Crippen molar-refractivity contribution < 1.29 is 4.79 Å². The van der Waals surface area contributed by atoms with Crippen LogP contribution in [0.3, 0.4) is 0 Å². The van der Waals surface area contributed by atoms with Gasteiger partial charge >= 0.3 is 0 Å². The van der Waals surface area contributed by atoms with E-state index in [0.717, 1.165) is 23.6 Å². The van der Waals surface area contributed by atoms with Crippen molar-refractivity contribution in [2.75, 3.05) is 26.0 Å². The van der Waals surface area contributed by atoms with Gasteiger partial charge in [0.05, 0.1) is 0 Å². The van der Waals surface area contributed by atoms with E-state index in [2.05, 4.69) is 24.1 Å². The van der Waals surface area contributed by atoms with Gasteiger partial charge < -0.3 is 10.2 Å². The number of amides is 1. The number of anilines is 1. The molecule has 1 amide bonds. The van der Waals surface area contributed by atoms with Gasteiger partial charge in [-0.05, 0) is 36.8 Å². The smallest absolute Gasteiger partial charge is 0.253 e. The van der Waals surface area contributed by atoms with Gasteiger partial charge in [0.2, 0.25) is 0 Å². The summed E-state index contributed by atoms with van der Waals surface area (Å²) in [5.74, 6) is 1.87. The van der Waals surface area contributed by atoms with Crippen molar-refractivity contribution in [3.05, 3.63) is 23.4 Å². The number of carbonyl (C=O) groups excluding carboxylic acids is 1. The van der Waals surface area contributed by atoms with E-state index < -0.39 is 0 Å². The standard InChI is InChI=1S/C15H23N3O/c1-10(2)13-7-12(8-14(16-3)17-13)15(19)18(4)9-11-5-6-11/h7-8,10-11H,5-6,9H2,1-4H3,(H,16,17). The van der Waals surface area contributed by atoms with Crippen LogP contribution < -0.4 is 5.32 Å². The van der Waals surface area contributed by atoms with Gasteiger partial charge in [-0.2, -0.15) is 0 Å². The Kier molecular flexibility index (Phi) is 4.08. The second kappa shape index (κ2) is 5.59. The fourth-order valence-corrected chi connectivity index (χ4v) is 2.09. The largest absolute Gasteiger partial charge is 0.373 e. The number of nitrogens with one attached hydrogen (secondary N) is 1. The minimum Gasteiger partial charge on any atom is -0.373 e. The summed E-state index contributed by atoms with van der Waals surface area (Å²) in [6.45, 7) is 5.04. The van der Waals surface area contributed by atoms with E-state index in [0.29, 0.717) is 11.8 Å². The zero-order valence-corrected chi connectivity index (χ0v) is 12.2. The first kappa shape index (κ1) is 13.8. The van der Waals surface area contributed by atoms with E-state index in [-0.39, 0.29) is 5.91 Å². The van der Waals surface area contributed by atoms with E-state index in [9.17, 15) is 4.79 Å². The Morgan fingerprint density at radius 2 is 2.16 bits per heavy atom. The number of pyridine rings is 1. The van der Waals surface area contributed by atoms with Gasteiger partial charge in [-0.15, -0.1) is 0 Å². The zero-order chi connectivity index (χ0) is 14.0. The van der Waals surface area contributed by atoms with Crippen molar-refractivity contribution in [1.29, 1.82) is 0 Å². The Balaban J connectivity index is 2.21.